The summed E-state index contributed by atoms with van der Waals surface area (Å²) < 4.78 is 12.4. The fourth-order valence-corrected chi connectivity index (χ4v) is 2.31. The zero-order valence-corrected chi connectivity index (χ0v) is 12.2. The molecule has 0 amide bonds. The first-order chi connectivity index (χ1) is 9.24. The summed E-state index contributed by atoms with van der Waals surface area (Å²) in [5.74, 6) is 1.26. The molecule has 0 aromatic heterocycles. The van der Waals surface area contributed by atoms with Gasteiger partial charge in [0.05, 0.1) is 0 Å². The van der Waals surface area contributed by atoms with Crippen LogP contribution in [0.1, 0.15) is 10.4 Å². The van der Waals surface area contributed by atoms with Crippen LogP contribution >= 0.6 is 22.6 Å². The van der Waals surface area contributed by atoms with Gasteiger partial charge in [-0.15, -0.1) is 0 Å². The predicted molar refractivity (Wildman–Crippen MR) is 79.8 cm³/mol. The first-order valence-corrected chi connectivity index (χ1v) is 7.00. The molecule has 0 spiro atoms. The zero-order chi connectivity index (χ0) is 13.2. The summed E-state index contributed by atoms with van der Waals surface area (Å²) in [4.78, 5) is 12.3. The smallest absolute Gasteiger partial charge is 0.206 e. The molecule has 1 unspecified atom stereocenters. The number of halogens is 1. The summed E-state index contributed by atoms with van der Waals surface area (Å²) in [5.41, 5.74) is 0.647. The van der Waals surface area contributed by atoms with Gasteiger partial charge in [0.1, 0.15) is 6.61 Å². The maximum Gasteiger partial charge on any atom is 0.206 e. The molecule has 1 aliphatic heterocycles. The molecular weight excluding hydrogens is 355 g/mol. The third kappa shape index (κ3) is 2.58. The first-order valence-electron chi connectivity index (χ1n) is 5.92. The highest BCUT2D eigenvalue weighted by Gasteiger charge is 2.27. The van der Waals surface area contributed by atoms with Crippen molar-refractivity contribution in [1.29, 1.82) is 0 Å². The Bertz CT molecular complexity index is 607. The Morgan fingerprint density at radius 3 is 2.47 bits per heavy atom. The van der Waals surface area contributed by atoms with Crippen molar-refractivity contribution in [3.05, 3.63) is 57.7 Å². The molecule has 0 radical (unpaired) electrons. The summed E-state index contributed by atoms with van der Waals surface area (Å²) in [5, 5.41) is 0. The average molecular weight is 366 g/mol. The Balaban J connectivity index is 1.81. The standard InChI is InChI=1S/C15H11IO3/c16-11-7-5-10(6-8-11)15(17)14-9-18-12-3-1-2-4-13(12)19-14/h1-8,14H,9H2. The van der Waals surface area contributed by atoms with Crippen LogP contribution < -0.4 is 9.47 Å². The molecule has 4 heteroatoms. The zero-order valence-electron chi connectivity index (χ0n) is 10.0. The van der Waals surface area contributed by atoms with Crippen molar-refractivity contribution >= 4 is 28.4 Å². The summed E-state index contributed by atoms with van der Waals surface area (Å²) in [6.45, 7) is 0.252. The SMILES string of the molecule is O=C(c1ccc(I)cc1)C1COc2ccccc2O1. The molecule has 96 valence electrons. The summed E-state index contributed by atoms with van der Waals surface area (Å²) >= 11 is 2.21. The Hall–Kier alpha value is -1.56. The van der Waals surface area contributed by atoms with Crippen molar-refractivity contribution in [3.8, 4) is 11.5 Å². The average Bonchev–Trinajstić information content (AvgIpc) is 2.47. The first kappa shape index (κ1) is 12.5. The molecule has 0 saturated heterocycles. The van der Waals surface area contributed by atoms with Crippen LogP contribution in [0.4, 0.5) is 0 Å². The van der Waals surface area contributed by atoms with Crippen LogP contribution in [-0.4, -0.2) is 18.5 Å². The van der Waals surface area contributed by atoms with E-state index in [0.29, 0.717) is 17.1 Å². The molecule has 0 saturated carbocycles. The molecule has 3 nitrogen and oxygen atoms in total. The van der Waals surface area contributed by atoms with Crippen LogP contribution in [0.2, 0.25) is 0 Å². The number of ether oxygens (including phenoxy) is 2. The molecule has 0 fully saturated rings. The molecule has 19 heavy (non-hydrogen) atoms. The quantitative estimate of drug-likeness (QED) is 0.604. The van der Waals surface area contributed by atoms with Crippen molar-refractivity contribution in [2.45, 2.75) is 6.10 Å². The molecule has 2 aromatic rings. The number of ketones is 1. The lowest BCUT2D eigenvalue weighted by atomic mass is 10.1. The second kappa shape index (κ2) is 5.21. The third-order valence-corrected chi connectivity index (χ3v) is 3.65. The van der Waals surface area contributed by atoms with Gasteiger partial charge in [-0.05, 0) is 46.9 Å². The van der Waals surface area contributed by atoms with E-state index in [0.717, 1.165) is 3.57 Å². The lowest BCUT2D eigenvalue weighted by Crippen LogP contribution is -2.36. The number of carbonyl (C=O) groups is 1. The highest BCUT2D eigenvalue weighted by atomic mass is 127. The Labute approximate surface area is 124 Å². The number of para-hydroxylation sites is 2. The largest absolute Gasteiger partial charge is 0.485 e. The van der Waals surface area contributed by atoms with Crippen LogP contribution in [0.25, 0.3) is 0 Å². The Morgan fingerprint density at radius 1 is 1.05 bits per heavy atom. The number of fused-ring (bicyclic) bond motifs is 1. The molecule has 1 atom stereocenters. The lowest BCUT2D eigenvalue weighted by Gasteiger charge is -2.25. The molecule has 2 aromatic carbocycles. The minimum atomic E-state index is -0.574. The molecule has 3 rings (SSSR count). The van der Waals surface area contributed by atoms with Gasteiger partial charge >= 0.3 is 0 Å². The van der Waals surface area contributed by atoms with E-state index in [1.54, 1.807) is 0 Å². The van der Waals surface area contributed by atoms with E-state index < -0.39 is 6.10 Å². The van der Waals surface area contributed by atoms with Crippen molar-refractivity contribution in [2.75, 3.05) is 6.61 Å². The Morgan fingerprint density at radius 2 is 1.74 bits per heavy atom. The maximum absolute atomic E-state index is 12.3. The van der Waals surface area contributed by atoms with E-state index in [1.165, 1.54) is 0 Å². The van der Waals surface area contributed by atoms with Gasteiger partial charge in [0.15, 0.2) is 17.6 Å². The lowest BCUT2D eigenvalue weighted by molar-refractivity contribution is 0.0586. The van der Waals surface area contributed by atoms with Crippen molar-refractivity contribution < 1.29 is 14.3 Å². The van der Waals surface area contributed by atoms with E-state index in [-0.39, 0.29) is 12.4 Å². The van der Waals surface area contributed by atoms with Crippen LogP contribution in [0.3, 0.4) is 0 Å². The second-order valence-electron chi connectivity index (χ2n) is 4.24. The van der Waals surface area contributed by atoms with Gasteiger partial charge in [-0.3, -0.25) is 4.79 Å². The monoisotopic (exact) mass is 366 g/mol. The highest BCUT2D eigenvalue weighted by molar-refractivity contribution is 14.1. The maximum atomic E-state index is 12.3. The van der Waals surface area contributed by atoms with Gasteiger partial charge in [0.2, 0.25) is 5.78 Å². The van der Waals surface area contributed by atoms with Crippen LogP contribution in [0.15, 0.2) is 48.5 Å². The van der Waals surface area contributed by atoms with E-state index in [4.69, 9.17) is 9.47 Å². The molecular formula is C15H11IO3. The van der Waals surface area contributed by atoms with E-state index >= 15 is 0 Å². The molecule has 0 bridgehead atoms. The number of benzene rings is 2. The minimum Gasteiger partial charge on any atom is -0.485 e. The van der Waals surface area contributed by atoms with Crippen molar-refractivity contribution in [2.24, 2.45) is 0 Å². The van der Waals surface area contributed by atoms with Gasteiger partial charge < -0.3 is 9.47 Å². The molecule has 0 aliphatic carbocycles. The summed E-state index contributed by atoms with van der Waals surface area (Å²) in [6, 6.07) is 14.8. The van der Waals surface area contributed by atoms with Gasteiger partial charge in [-0.1, -0.05) is 24.3 Å². The number of rotatable bonds is 2. The minimum absolute atomic E-state index is 0.0501. The fourth-order valence-electron chi connectivity index (χ4n) is 1.95. The summed E-state index contributed by atoms with van der Waals surface area (Å²) in [7, 11) is 0. The predicted octanol–water partition coefficient (Wildman–Crippen LogP) is 3.31. The molecule has 1 heterocycles. The molecule has 1 aliphatic rings. The normalized spacial score (nSPS) is 17.0. The van der Waals surface area contributed by atoms with Gasteiger partial charge in [0, 0.05) is 9.13 Å². The van der Waals surface area contributed by atoms with Crippen LogP contribution in [0.5, 0.6) is 11.5 Å². The molecule has 0 N–H and O–H groups in total. The van der Waals surface area contributed by atoms with Crippen LogP contribution in [0, 0.1) is 3.57 Å². The summed E-state index contributed by atoms with van der Waals surface area (Å²) in [6.07, 6.45) is -0.574. The second-order valence-corrected chi connectivity index (χ2v) is 5.48. The number of hydrogen-bond donors (Lipinski definition) is 0. The van der Waals surface area contributed by atoms with Gasteiger partial charge in [-0.2, -0.15) is 0 Å². The topological polar surface area (TPSA) is 35.5 Å². The van der Waals surface area contributed by atoms with E-state index in [9.17, 15) is 4.79 Å². The number of Topliss-reactive ketones (excluding diaryl/α,β-unsaturated/α-hetero) is 1. The fraction of sp³-hybridized carbons (Fsp3) is 0.133. The van der Waals surface area contributed by atoms with Gasteiger partial charge in [-0.25, -0.2) is 0 Å². The number of carbonyl (C=O) groups excluding carboxylic acids is 1. The van der Waals surface area contributed by atoms with Crippen LogP contribution in [-0.2, 0) is 0 Å². The van der Waals surface area contributed by atoms with Crippen molar-refractivity contribution in [3.63, 3.8) is 0 Å². The van der Waals surface area contributed by atoms with E-state index in [1.807, 2.05) is 48.5 Å². The number of hydrogen-bond acceptors (Lipinski definition) is 3. The Kier molecular flexibility index (Phi) is 3.42. The van der Waals surface area contributed by atoms with Gasteiger partial charge in [0.25, 0.3) is 0 Å². The van der Waals surface area contributed by atoms with E-state index in [2.05, 4.69) is 22.6 Å². The third-order valence-electron chi connectivity index (χ3n) is 2.93. The van der Waals surface area contributed by atoms with Crippen molar-refractivity contribution in [1.82, 2.24) is 0 Å². The highest BCUT2D eigenvalue weighted by Crippen LogP contribution is 2.31.